The number of likely N-dealkylation sites (tertiary alicyclic amines) is 1. The maximum absolute atomic E-state index is 11.1. The molecule has 1 aliphatic rings. The highest BCUT2D eigenvalue weighted by atomic mass is 16.2. The van der Waals surface area contributed by atoms with Crippen LogP contribution in [-0.2, 0) is 9.59 Å². The topological polar surface area (TPSA) is 37.4 Å². The predicted octanol–water partition coefficient (Wildman–Crippen LogP) is 0.364. The summed E-state index contributed by atoms with van der Waals surface area (Å²) in [6.07, 6.45) is 2.25. The number of rotatable bonds is 2. The summed E-state index contributed by atoms with van der Waals surface area (Å²) in [4.78, 5) is 23.4. The number of hydrogen-bond acceptors (Lipinski definition) is 2. The monoisotopic (exact) mass is 153 g/mol. The Kier molecular flexibility index (Phi) is 2.41. The van der Waals surface area contributed by atoms with Gasteiger partial charge in [-0.2, -0.15) is 0 Å². The van der Waals surface area contributed by atoms with E-state index in [9.17, 15) is 9.59 Å². The van der Waals surface area contributed by atoms with Crippen molar-refractivity contribution < 1.29 is 9.59 Å². The third-order valence-electron chi connectivity index (χ3n) is 1.71. The molecule has 11 heavy (non-hydrogen) atoms. The van der Waals surface area contributed by atoms with Gasteiger partial charge in [-0.1, -0.05) is 6.08 Å². The summed E-state index contributed by atoms with van der Waals surface area (Å²) >= 11 is 0. The summed E-state index contributed by atoms with van der Waals surface area (Å²) in [5, 5.41) is 0. The lowest BCUT2D eigenvalue weighted by Crippen LogP contribution is -2.38. The van der Waals surface area contributed by atoms with Crippen LogP contribution in [0.3, 0.4) is 0 Å². The van der Waals surface area contributed by atoms with E-state index < -0.39 is 0 Å². The first kappa shape index (κ1) is 7.98. The van der Waals surface area contributed by atoms with Gasteiger partial charge in [-0.15, -0.1) is 6.58 Å². The number of ketones is 1. The Bertz CT molecular complexity index is 198. The van der Waals surface area contributed by atoms with Crippen LogP contribution in [0.1, 0.15) is 12.8 Å². The van der Waals surface area contributed by atoms with Crippen LogP contribution in [0.15, 0.2) is 12.7 Å². The normalized spacial score (nSPS) is 18.7. The van der Waals surface area contributed by atoms with E-state index in [-0.39, 0.29) is 18.1 Å². The molecule has 1 amide bonds. The molecule has 0 bridgehead atoms. The summed E-state index contributed by atoms with van der Waals surface area (Å²) in [5.74, 6) is -0.0172. The number of carbonyl (C=O) groups excluding carboxylic acids is 2. The molecule has 0 aromatic heterocycles. The molecule has 1 aliphatic heterocycles. The Morgan fingerprint density at radius 3 is 2.82 bits per heavy atom. The largest absolute Gasteiger partial charge is 0.338 e. The van der Waals surface area contributed by atoms with Gasteiger partial charge in [0.25, 0.3) is 0 Å². The van der Waals surface area contributed by atoms with Gasteiger partial charge in [0.1, 0.15) is 5.78 Å². The van der Waals surface area contributed by atoms with Crippen molar-refractivity contribution in [1.29, 1.82) is 0 Å². The molecule has 0 aromatic carbocycles. The Hall–Kier alpha value is -1.12. The van der Waals surface area contributed by atoms with Crippen molar-refractivity contribution >= 4 is 11.7 Å². The van der Waals surface area contributed by atoms with Crippen LogP contribution < -0.4 is 0 Å². The third kappa shape index (κ3) is 1.90. The van der Waals surface area contributed by atoms with Crippen LogP contribution >= 0.6 is 0 Å². The fourth-order valence-corrected chi connectivity index (χ4v) is 1.10. The highest BCUT2D eigenvalue weighted by molar-refractivity contribution is 6.00. The minimum absolute atomic E-state index is 0.0512. The van der Waals surface area contributed by atoms with Crippen molar-refractivity contribution in [1.82, 2.24) is 4.90 Å². The lowest BCUT2D eigenvalue weighted by molar-refractivity contribution is -0.138. The van der Waals surface area contributed by atoms with Gasteiger partial charge in [-0.25, -0.2) is 0 Å². The Labute approximate surface area is 65.7 Å². The third-order valence-corrected chi connectivity index (χ3v) is 1.71. The average molecular weight is 153 g/mol. The minimum Gasteiger partial charge on any atom is -0.338 e. The second kappa shape index (κ2) is 3.32. The molecule has 0 spiro atoms. The molecule has 1 fully saturated rings. The van der Waals surface area contributed by atoms with Gasteiger partial charge in [0.2, 0.25) is 5.91 Å². The lowest BCUT2D eigenvalue weighted by Gasteiger charge is -2.24. The molecular weight excluding hydrogens is 142 g/mol. The Balaban J connectivity index is 2.50. The van der Waals surface area contributed by atoms with E-state index >= 15 is 0 Å². The summed E-state index contributed by atoms with van der Waals surface area (Å²) in [6.45, 7) is 4.65. The van der Waals surface area contributed by atoms with Gasteiger partial charge in [-0.05, 0) is 0 Å². The van der Waals surface area contributed by atoms with Crippen molar-refractivity contribution in [2.45, 2.75) is 12.8 Å². The molecule has 0 aliphatic carbocycles. The second-order valence-electron chi connectivity index (χ2n) is 2.59. The molecule has 0 N–H and O–H groups in total. The zero-order valence-corrected chi connectivity index (χ0v) is 6.38. The zero-order chi connectivity index (χ0) is 8.27. The van der Waals surface area contributed by atoms with E-state index in [1.807, 2.05) is 0 Å². The van der Waals surface area contributed by atoms with Gasteiger partial charge in [0.05, 0.1) is 6.42 Å². The molecule has 0 aromatic rings. The van der Waals surface area contributed by atoms with Crippen molar-refractivity contribution in [2.24, 2.45) is 0 Å². The van der Waals surface area contributed by atoms with Crippen molar-refractivity contribution in [3.8, 4) is 0 Å². The second-order valence-corrected chi connectivity index (χ2v) is 2.59. The molecule has 0 radical (unpaired) electrons. The van der Waals surface area contributed by atoms with E-state index in [2.05, 4.69) is 6.58 Å². The fourth-order valence-electron chi connectivity index (χ4n) is 1.10. The highest BCUT2D eigenvalue weighted by Gasteiger charge is 2.21. The molecule has 1 rings (SSSR count). The van der Waals surface area contributed by atoms with Crippen LogP contribution in [0.4, 0.5) is 0 Å². The smallest absolute Gasteiger partial charge is 0.230 e. The van der Waals surface area contributed by atoms with E-state index in [1.165, 1.54) is 0 Å². The van der Waals surface area contributed by atoms with Gasteiger partial charge >= 0.3 is 0 Å². The highest BCUT2D eigenvalue weighted by Crippen LogP contribution is 2.06. The van der Waals surface area contributed by atoms with E-state index in [1.54, 1.807) is 11.0 Å². The number of Topliss-reactive ketones (excluding diaryl/α,β-unsaturated/α-hetero) is 1. The molecule has 3 heteroatoms. The number of carbonyl (C=O) groups is 2. The zero-order valence-electron chi connectivity index (χ0n) is 6.38. The van der Waals surface area contributed by atoms with Crippen LogP contribution in [0.2, 0.25) is 0 Å². The first-order valence-electron chi connectivity index (χ1n) is 3.64. The van der Waals surface area contributed by atoms with E-state index in [0.29, 0.717) is 19.5 Å². The van der Waals surface area contributed by atoms with Crippen molar-refractivity contribution in [3.05, 3.63) is 12.7 Å². The summed E-state index contributed by atoms with van der Waals surface area (Å²) < 4.78 is 0. The molecule has 60 valence electrons. The standard InChI is InChI=1S/C8H11NO2/c1-2-4-9-5-3-7(10)6-8(9)11/h2H,1,3-6H2. The van der Waals surface area contributed by atoms with Gasteiger partial charge in [0, 0.05) is 19.5 Å². The van der Waals surface area contributed by atoms with Crippen molar-refractivity contribution in [3.63, 3.8) is 0 Å². The molecule has 3 nitrogen and oxygen atoms in total. The predicted molar refractivity (Wildman–Crippen MR) is 41.0 cm³/mol. The van der Waals surface area contributed by atoms with Crippen LogP contribution in [0.25, 0.3) is 0 Å². The molecule has 1 heterocycles. The molecule has 0 unspecified atom stereocenters. The Morgan fingerprint density at radius 2 is 2.27 bits per heavy atom. The molecular formula is C8H11NO2. The maximum atomic E-state index is 11.1. The molecule has 0 saturated carbocycles. The van der Waals surface area contributed by atoms with Crippen LogP contribution in [0.5, 0.6) is 0 Å². The van der Waals surface area contributed by atoms with Gasteiger partial charge in [0.15, 0.2) is 0 Å². The number of hydrogen-bond donors (Lipinski definition) is 0. The lowest BCUT2D eigenvalue weighted by atomic mass is 10.1. The molecule has 0 atom stereocenters. The molecule has 1 saturated heterocycles. The van der Waals surface area contributed by atoms with Crippen LogP contribution in [-0.4, -0.2) is 29.7 Å². The summed E-state index contributed by atoms with van der Waals surface area (Å²) in [6, 6.07) is 0. The van der Waals surface area contributed by atoms with E-state index in [4.69, 9.17) is 0 Å². The number of nitrogens with zero attached hydrogens (tertiary/aromatic N) is 1. The summed E-state index contributed by atoms with van der Waals surface area (Å²) in [5.41, 5.74) is 0. The van der Waals surface area contributed by atoms with Gasteiger partial charge < -0.3 is 4.90 Å². The quantitative estimate of drug-likeness (QED) is 0.424. The SMILES string of the molecule is C=CCN1CCC(=O)CC1=O. The number of amides is 1. The van der Waals surface area contributed by atoms with E-state index in [0.717, 1.165) is 0 Å². The average Bonchev–Trinajstić information content (AvgIpc) is 1.95. The Morgan fingerprint density at radius 1 is 1.55 bits per heavy atom. The summed E-state index contributed by atoms with van der Waals surface area (Å²) in [7, 11) is 0. The van der Waals surface area contributed by atoms with Crippen LogP contribution in [0, 0.1) is 0 Å². The van der Waals surface area contributed by atoms with Gasteiger partial charge in [-0.3, -0.25) is 9.59 Å². The fraction of sp³-hybridized carbons (Fsp3) is 0.500. The minimum atomic E-state index is -0.0684. The van der Waals surface area contributed by atoms with Crippen molar-refractivity contribution in [2.75, 3.05) is 13.1 Å². The first-order chi connectivity index (χ1) is 5.24. The first-order valence-corrected chi connectivity index (χ1v) is 3.64. The maximum Gasteiger partial charge on any atom is 0.230 e. The number of piperidine rings is 1.